The number of aromatic nitrogens is 2. The Hall–Kier alpha value is -4.23. The van der Waals surface area contributed by atoms with Crippen LogP contribution in [0.3, 0.4) is 0 Å². The minimum Gasteiger partial charge on any atom is -0.457 e. The number of carbonyl (C=O) groups is 1. The molecular weight excluding hydrogens is 446 g/mol. The van der Waals surface area contributed by atoms with Gasteiger partial charge in [-0.05, 0) is 48.9 Å². The van der Waals surface area contributed by atoms with Crippen LogP contribution >= 0.6 is 11.3 Å². The van der Waals surface area contributed by atoms with Gasteiger partial charge in [0.1, 0.15) is 22.9 Å². The fourth-order valence-corrected chi connectivity index (χ4v) is 4.79. The summed E-state index contributed by atoms with van der Waals surface area (Å²) in [5, 5.41) is 3.38. The highest BCUT2D eigenvalue weighted by Gasteiger charge is 2.17. The highest BCUT2D eigenvalue weighted by molar-refractivity contribution is 7.19. The molecule has 5 aromatic rings. The van der Waals surface area contributed by atoms with E-state index in [0.29, 0.717) is 21.7 Å². The lowest BCUT2D eigenvalue weighted by molar-refractivity contribution is -0.116. The Balaban J connectivity index is 1.34. The van der Waals surface area contributed by atoms with E-state index in [-0.39, 0.29) is 18.0 Å². The number of fused-ring (bicyclic) bond motifs is 1. The number of benzene rings is 3. The van der Waals surface area contributed by atoms with Crippen molar-refractivity contribution in [2.75, 3.05) is 5.32 Å². The topological polar surface area (TPSA) is 73.2 Å². The predicted octanol–water partition coefficient (Wildman–Crippen LogP) is 5.86. The third-order valence-electron chi connectivity index (χ3n) is 5.35. The van der Waals surface area contributed by atoms with Crippen LogP contribution in [0.4, 0.5) is 5.69 Å². The molecule has 0 atom stereocenters. The molecule has 0 radical (unpaired) electrons. The van der Waals surface area contributed by atoms with Crippen molar-refractivity contribution in [2.45, 2.75) is 13.5 Å². The molecule has 0 saturated carbocycles. The van der Waals surface area contributed by atoms with Crippen LogP contribution in [0, 0.1) is 6.92 Å². The number of amides is 1. The second-order valence-corrected chi connectivity index (χ2v) is 8.95. The Morgan fingerprint density at radius 2 is 1.59 bits per heavy atom. The van der Waals surface area contributed by atoms with Gasteiger partial charge >= 0.3 is 0 Å². The van der Waals surface area contributed by atoms with E-state index in [1.807, 2.05) is 67.6 Å². The zero-order chi connectivity index (χ0) is 23.5. The summed E-state index contributed by atoms with van der Waals surface area (Å²) in [6, 6.07) is 26.3. The molecule has 34 heavy (non-hydrogen) atoms. The molecule has 6 nitrogen and oxygen atoms in total. The lowest BCUT2D eigenvalue weighted by Crippen LogP contribution is -2.27. The fourth-order valence-electron chi connectivity index (χ4n) is 3.79. The largest absolute Gasteiger partial charge is 0.457 e. The summed E-state index contributed by atoms with van der Waals surface area (Å²) in [6.45, 7) is 1.85. The van der Waals surface area contributed by atoms with Crippen LogP contribution in [0.1, 0.15) is 4.88 Å². The van der Waals surface area contributed by atoms with Gasteiger partial charge in [0.15, 0.2) is 0 Å². The average Bonchev–Trinajstić information content (AvgIpc) is 3.20. The van der Waals surface area contributed by atoms with Crippen LogP contribution in [-0.2, 0) is 11.3 Å². The van der Waals surface area contributed by atoms with E-state index >= 15 is 0 Å². The molecule has 1 N–H and O–H groups in total. The maximum atomic E-state index is 13.3. The van der Waals surface area contributed by atoms with Crippen LogP contribution in [0.25, 0.3) is 21.3 Å². The lowest BCUT2D eigenvalue weighted by Gasteiger charge is -2.09. The van der Waals surface area contributed by atoms with Crippen molar-refractivity contribution in [1.82, 2.24) is 9.55 Å². The molecule has 168 valence electrons. The van der Waals surface area contributed by atoms with Crippen molar-refractivity contribution in [3.8, 4) is 22.6 Å². The maximum absolute atomic E-state index is 13.3. The number of para-hydroxylation sites is 1. The van der Waals surface area contributed by atoms with Gasteiger partial charge in [-0.1, -0.05) is 48.5 Å². The molecule has 0 aliphatic carbocycles. The van der Waals surface area contributed by atoms with Gasteiger partial charge in [0, 0.05) is 16.1 Å². The Labute approximate surface area is 200 Å². The number of nitrogens with one attached hydrogen (secondary N) is 1. The SMILES string of the molecule is Cc1sc2ncn(CC(=O)Nc3ccc(Oc4ccccc4)cc3)c(=O)c2c1-c1ccccc1. The van der Waals surface area contributed by atoms with Crippen LogP contribution in [0.5, 0.6) is 11.5 Å². The first-order valence-corrected chi connectivity index (χ1v) is 11.6. The van der Waals surface area contributed by atoms with Crippen LogP contribution < -0.4 is 15.6 Å². The summed E-state index contributed by atoms with van der Waals surface area (Å²) in [5.41, 5.74) is 2.23. The van der Waals surface area contributed by atoms with Gasteiger partial charge in [-0.3, -0.25) is 14.2 Å². The number of thiophene rings is 1. The van der Waals surface area contributed by atoms with Crippen LogP contribution in [0.15, 0.2) is 96.1 Å². The zero-order valence-electron chi connectivity index (χ0n) is 18.4. The highest BCUT2D eigenvalue weighted by Crippen LogP contribution is 2.35. The minimum absolute atomic E-state index is 0.132. The van der Waals surface area contributed by atoms with E-state index in [9.17, 15) is 9.59 Å². The summed E-state index contributed by atoms with van der Waals surface area (Å²) in [4.78, 5) is 32.1. The van der Waals surface area contributed by atoms with Crippen molar-refractivity contribution in [1.29, 1.82) is 0 Å². The molecule has 3 aromatic carbocycles. The summed E-state index contributed by atoms with van der Waals surface area (Å²) >= 11 is 1.48. The molecule has 2 aromatic heterocycles. The standard InChI is InChI=1S/C27H21N3O3S/c1-18-24(19-8-4-2-5-9-19)25-26(34-18)28-17-30(27(25)32)16-23(31)29-20-12-14-22(15-13-20)33-21-10-6-3-7-11-21/h2-15,17H,16H2,1H3,(H,29,31). The van der Waals surface area contributed by atoms with Gasteiger partial charge < -0.3 is 10.1 Å². The van der Waals surface area contributed by atoms with E-state index in [4.69, 9.17) is 4.74 Å². The first-order chi connectivity index (χ1) is 16.6. The molecule has 0 unspecified atom stereocenters. The number of hydrogen-bond donors (Lipinski definition) is 1. The lowest BCUT2D eigenvalue weighted by atomic mass is 10.0. The normalized spacial score (nSPS) is 10.9. The minimum atomic E-state index is -0.312. The molecule has 0 saturated heterocycles. The van der Waals surface area contributed by atoms with Crippen molar-refractivity contribution < 1.29 is 9.53 Å². The highest BCUT2D eigenvalue weighted by atomic mass is 32.1. The second kappa shape index (κ2) is 9.33. The number of carbonyl (C=O) groups excluding carboxylic acids is 1. The van der Waals surface area contributed by atoms with Crippen molar-refractivity contribution in [3.05, 3.63) is 106 Å². The first kappa shape index (κ1) is 21.6. The molecule has 5 rings (SSSR count). The number of hydrogen-bond acceptors (Lipinski definition) is 5. The summed E-state index contributed by atoms with van der Waals surface area (Å²) in [5.74, 6) is 1.09. The van der Waals surface area contributed by atoms with Gasteiger partial charge in [0.25, 0.3) is 5.56 Å². The predicted molar refractivity (Wildman–Crippen MR) is 136 cm³/mol. The molecular formula is C27H21N3O3S. The summed E-state index contributed by atoms with van der Waals surface area (Å²) in [6.07, 6.45) is 1.44. The Kier molecular flexibility index (Phi) is 5.93. The molecule has 0 spiro atoms. The van der Waals surface area contributed by atoms with Crippen molar-refractivity contribution in [3.63, 3.8) is 0 Å². The summed E-state index contributed by atoms with van der Waals surface area (Å²) in [7, 11) is 0. The van der Waals surface area contributed by atoms with Crippen LogP contribution in [0.2, 0.25) is 0 Å². The van der Waals surface area contributed by atoms with E-state index in [1.165, 1.54) is 22.2 Å². The average molecular weight is 468 g/mol. The van der Waals surface area contributed by atoms with E-state index in [1.54, 1.807) is 24.3 Å². The van der Waals surface area contributed by atoms with Crippen molar-refractivity contribution >= 4 is 33.1 Å². The van der Waals surface area contributed by atoms with Gasteiger partial charge in [-0.25, -0.2) is 4.98 Å². The molecule has 0 aliphatic heterocycles. The Bertz CT molecular complexity index is 1510. The number of anilines is 1. The molecule has 0 bridgehead atoms. The van der Waals surface area contributed by atoms with E-state index in [0.717, 1.165) is 21.8 Å². The number of aryl methyl sites for hydroxylation is 1. The monoisotopic (exact) mass is 467 g/mol. The third kappa shape index (κ3) is 4.46. The second-order valence-electron chi connectivity index (χ2n) is 7.74. The van der Waals surface area contributed by atoms with Gasteiger partial charge in [-0.15, -0.1) is 11.3 Å². The fraction of sp³-hybridized carbons (Fsp3) is 0.0741. The molecule has 2 heterocycles. The van der Waals surface area contributed by atoms with Gasteiger partial charge in [0.2, 0.25) is 5.91 Å². The van der Waals surface area contributed by atoms with Crippen molar-refractivity contribution in [2.24, 2.45) is 0 Å². The zero-order valence-corrected chi connectivity index (χ0v) is 19.2. The maximum Gasteiger partial charge on any atom is 0.263 e. The molecule has 1 amide bonds. The Morgan fingerprint density at radius 1 is 0.941 bits per heavy atom. The van der Waals surface area contributed by atoms with Crippen LogP contribution in [-0.4, -0.2) is 15.5 Å². The molecule has 7 heteroatoms. The smallest absolute Gasteiger partial charge is 0.263 e. The first-order valence-electron chi connectivity index (χ1n) is 10.8. The summed E-state index contributed by atoms with van der Waals surface area (Å²) < 4.78 is 7.13. The quantitative estimate of drug-likeness (QED) is 0.339. The molecule has 0 aliphatic rings. The number of ether oxygens (including phenoxy) is 1. The van der Waals surface area contributed by atoms with E-state index < -0.39 is 0 Å². The number of rotatable bonds is 6. The number of nitrogens with zero attached hydrogens (tertiary/aromatic N) is 2. The molecule has 0 fully saturated rings. The Morgan fingerprint density at radius 3 is 2.29 bits per heavy atom. The van der Waals surface area contributed by atoms with Gasteiger partial charge in [-0.2, -0.15) is 0 Å². The van der Waals surface area contributed by atoms with E-state index in [2.05, 4.69) is 10.3 Å². The third-order valence-corrected chi connectivity index (χ3v) is 6.36. The van der Waals surface area contributed by atoms with Gasteiger partial charge in [0.05, 0.1) is 11.7 Å².